The highest BCUT2D eigenvalue weighted by molar-refractivity contribution is 5.96. The van der Waals surface area contributed by atoms with Crippen molar-refractivity contribution in [1.29, 1.82) is 0 Å². The topological polar surface area (TPSA) is 46.5 Å². The summed E-state index contributed by atoms with van der Waals surface area (Å²) in [5.41, 5.74) is 0.444. The summed E-state index contributed by atoms with van der Waals surface area (Å²) in [6, 6.07) is 19.4. The molecule has 3 aromatic rings. The molecule has 0 aliphatic carbocycles. The molecular formula is C17H12O3. The van der Waals surface area contributed by atoms with Gasteiger partial charge in [-0.15, -0.1) is 0 Å². The molecule has 3 nitrogen and oxygen atoms in total. The highest BCUT2D eigenvalue weighted by atomic mass is 16.5. The summed E-state index contributed by atoms with van der Waals surface area (Å²) >= 11 is 0. The first kappa shape index (κ1) is 12.2. The molecular weight excluding hydrogens is 252 g/mol. The molecule has 0 saturated carbocycles. The zero-order valence-electron chi connectivity index (χ0n) is 10.6. The first-order valence-corrected chi connectivity index (χ1v) is 6.23. The van der Waals surface area contributed by atoms with Gasteiger partial charge in [-0.2, -0.15) is 0 Å². The Balaban J connectivity index is 2.03. The van der Waals surface area contributed by atoms with E-state index < -0.39 is 5.97 Å². The lowest BCUT2D eigenvalue weighted by atomic mass is 10.1. The van der Waals surface area contributed by atoms with Crippen molar-refractivity contribution in [3.05, 3.63) is 72.3 Å². The average molecular weight is 264 g/mol. The fraction of sp³-hybridized carbons (Fsp3) is 0. The maximum Gasteiger partial charge on any atom is 0.343 e. The number of hydrogen-bond donors (Lipinski definition) is 1. The van der Waals surface area contributed by atoms with E-state index in [4.69, 9.17) is 4.74 Å². The van der Waals surface area contributed by atoms with Crippen molar-refractivity contribution in [2.24, 2.45) is 0 Å². The van der Waals surface area contributed by atoms with Gasteiger partial charge in [0.05, 0.1) is 5.56 Å². The average Bonchev–Trinajstić information content (AvgIpc) is 2.51. The minimum absolute atomic E-state index is 0.0482. The van der Waals surface area contributed by atoms with Crippen molar-refractivity contribution in [2.75, 3.05) is 0 Å². The first-order valence-electron chi connectivity index (χ1n) is 6.23. The molecule has 0 unspecified atom stereocenters. The molecule has 0 aliphatic rings. The number of phenols is 1. The summed E-state index contributed by atoms with van der Waals surface area (Å²) in [6.07, 6.45) is 0. The molecule has 0 spiro atoms. The van der Waals surface area contributed by atoms with Crippen LogP contribution in [0.2, 0.25) is 0 Å². The van der Waals surface area contributed by atoms with Crippen LogP contribution >= 0.6 is 0 Å². The molecule has 3 rings (SSSR count). The number of rotatable bonds is 2. The fourth-order valence-electron chi connectivity index (χ4n) is 2.06. The minimum Gasteiger partial charge on any atom is -0.504 e. The molecule has 3 aromatic carbocycles. The number of carbonyl (C=O) groups is 1. The molecule has 0 saturated heterocycles. The summed E-state index contributed by atoms with van der Waals surface area (Å²) < 4.78 is 5.36. The van der Waals surface area contributed by atoms with E-state index in [1.807, 2.05) is 30.3 Å². The van der Waals surface area contributed by atoms with Gasteiger partial charge in [0.25, 0.3) is 0 Å². The van der Waals surface area contributed by atoms with Crippen molar-refractivity contribution in [3.63, 3.8) is 0 Å². The van der Waals surface area contributed by atoms with E-state index in [-0.39, 0.29) is 11.5 Å². The Morgan fingerprint density at radius 3 is 2.35 bits per heavy atom. The molecule has 98 valence electrons. The number of benzene rings is 3. The number of fused-ring (bicyclic) bond motifs is 1. The monoisotopic (exact) mass is 264 g/mol. The predicted molar refractivity (Wildman–Crippen MR) is 77.0 cm³/mol. The summed E-state index contributed by atoms with van der Waals surface area (Å²) in [6.45, 7) is 0. The first-order chi connectivity index (χ1) is 9.75. The van der Waals surface area contributed by atoms with Gasteiger partial charge in [-0.25, -0.2) is 4.79 Å². The van der Waals surface area contributed by atoms with Crippen LogP contribution in [0.4, 0.5) is 0 Å². The zero-order chi connectivity index (χ0) is 13.9. The van der Waals surface area contributed by atoms with E-state index in [9.17, 15) is 9.90 Å². The second kappa shape index (κ2) is 5.05. The maximum atomic E-state index is 12.1. The van der Waals surface area contributed by atoms with E-state index in [1.54, 1.807) is 30.3 Å². The largest absolute Gasteiger partial charge is 0.504 e. The SMILES string of the molecule is O=C(Oc1c(O)ccc2ccccc12)c1ccccc1. The molecule has 0 aliphatic heterocycles. The minimum atomic E-state index is -0.489. The van der Waals surface area contributed by atoms with Gasteiger partial charge in [-0.1, -0.05) is 48.5 Å². The highest BCUT2D eigenvalue weighted by Crippen LogP contribution is 2.35. The Morgan fingerprint density at radius 1 is 0.850 bits per heavy atom. The molecule has 20 heavy (non-hydrogen) atoms. The summed E-state index contributed by atoms with van der Waals surface area (Å²) in [5, 5.41) is 11.5. The molecule has 0 atom stereocenters. The van der Waals surface area contributed by atoms with E-state index in [2.05, 4.69) is 0 Å². The molecule has 3 heteroatoms. The van der Waals surface area contributed by atoms with Crippen molar-refractivity contribution in [3.8, 4) is 11.5 Å². The van der Waals surface area contributed by atoms with Crippen LogP contribution in [0.1, 0.15) is 10.4 Å². The van der Waals surface area contributed by atoms with Crippen LogP contribution in [0, 0.1) is 0 Å². The van der Waals surface area contributed by atoms with Crippen LogP contribution in [-0.2, 0) is 0 Å². The third-order valence-electron chi connectivity index (χ3n) is 3.06. The van der Waals surface area contributed by atoms with Crippen molar-refractivity contribution < 1.29 is 14.6 Å². The third-order valence-corrected chi connectivity index (χ3v) is 3.06. The second-order valence-electron chi connectivity index (χ2n) is 4.39. The lowest BCUT2D eigenvalue weighted by Gasteiger charge is -2.09. The van der Waals surface area contributed by atoms with E-state index in [0.717, 1.165) is 5.39 Å². The maximum absolute atomic E-state index is 12.1. The van der Waals surface area contributed by atoms with E-state index in [0.29, 0.717) is 10.9 Å². The third kappa shape index (κ3) is 2.21. The van der Waals surface area contributed by atoms with Crippen molar-refractivity contribution >= 4 is 16.7 Å². The van der Waals surface area contributed by atoms with Gasteiger partial charge in [0.1, 0.15) is 0 Å². The number of hydrogen-bond acceptors (Lipinski definition) is 3. The number of ether oxygens (including phenoxy) is 1. The predicted octanol–water partition coefficient (Wildman–Crippen LogP) is 3.76. The smallest absolute Gasteiger partial charge is 0.343 e. The molecule has 0 fully saturated rings. The van der Waals surface area contributed by atoms with Crippen molar-refractivity contribution in [1.82, 2.24) is 0 Å². The highest BCUT2D eigenvalue weighted by Gasteiger charge is 2.14. The van der Waals surface area contributed by atoms with E-state index >= 15 is 0 Å². The fourth-order valence-corrected chi connectivity index (χ4v) is 2.06. The Morgan fingerprint density at radius 2 is 1.55 bits per heavy atom. The lowest BCUT2D eigenvalue weighted by molar-refractivity contribution is 0.0732. The number of esters is 1. The molecule has 0 aromatic heterocycles. The lowest BCUT2D eigenvalue weighted by Crippen LogP contribution is -2.08. The molecule has 0 heterocycles. The Bertz CT molecular complexity index is 764. The quantitative estimate of drug-likeness (QED) is 0.566. The second-order valence-corrected chi connectivity index (χ2v) is 4.39. The number of carbonyl (C=O) groups excluding carboxylic acids is 1. The van der Waals surface area contributed by atoms with Gasteiger partial charge in [0, 0.05) is 5.39 Å². The summed E-state index contributed by atoms with van der Waals surface area (Å²) in [4.78, 5) is 12.1. The standard InChI is InChI=1S/C17H12O3/c18-15-11-10-12-6-4-5-9-14(12)16(15)20-17(19)13-7-2-1-3-8-13/h1-11,18H. The van der Waals surface area contributed by atoms with Crippen LogP contribution in [0.3, 0.4) is 0 Å². The van der Waals surface area contributed by atoms with Crippen LogP contribution in [0.25, 0.3) is 10.8 Å². The van der Waals surface area contributed by atoms with Gasteiger partial charge in [0.15, 0.2) is 11.5 Å². The van der Waals surface area contributed by atoms with Crippen molar-refractivity contribution in [2.45, 2.75) is 0 Å². The van der Waals surface area contributed by atoms with Gasteiger partial charge >= 0.3 is 5.97 Å². The molecule has 1 N–H and O–H groups in total. The Kier molecular flexibility index (Phi) is 3.09. The summed E-state index contributed by atoms with van der Waals surface area (Å²) in [5.74, 6) is -0.345. The summed E-state index contributed by atoms with van der Waals surface area (Å²) in [7, 11) is 0. The Labute approximate surface area is 116 Å². The van der Waals surface area contributed by atoms with Crippen LogP contribution in [0.5, 0.6) is 11.5 Å². The van der Waals surface area contributed by atoms with Gasteiger partial charge in [0.2, 0.25) is 0 Å². The van der Waals surface area contributed by atoms with Gasteiger partial charge in [-0.05, 0) is 23.6 Å². The number of phenolic OH excluding ortho intramolecular Hbond substituents is 1. The number of aromatic hydroxyl groups is 1. The van der Waals surface area contributed by atoms with E-state index in [1.165, 1.54) is 6.07 Å². The molecule has 0 bridgehead atoms. The van der Waals surface area contributed by atoms with Gasteiger partial charge in [-0.3, -0.25) is 0 Å². The zero-order valence-corrected chi connectivity index (χ0v) is 10.6. The normalized spacial score (nSPS) is 10.4. The van der Waals surface area contributed by atoms with Gasteiger partial charge < -0.3 is 9.84 Å². The molecule has 0 amide bonds. The van der Waals surface area contributed by atoms with Crippen LogP contribution in [-0.4, -0.2) is 11.1 Å². The molecule has 0 radical (unpaired) electrons. The van der Waals surface area contributed by atoms with Crippen LogP contribution in [0.15, 0.2) is 66.7 Å². The Hall–Kier alpha value is -2.81. The van der Waals surface area contributed by atoms with Crippen LogP contribution < -0.4 is 4.74 Å².